The fourth-order valence-corrected chi connectivity index (χ4v) is 1.18. The summed E-state index contributed by atoms with van der Waals surface area (Å²) in [6.07, 6.45) is 0.417. The van der Waals surface area contributed by atoms with Crippen molar-refractivity contribution < 1.29 is 14.6 Å². The van der Waals surface area contributed by atoms with E-state index in [0.717, 1.165) is 11.3 Å². The lowest BCUT2D eigenvalue weighted by Crippen LogP contribution is -2.09. The molecule has 4 nitrogen and oxygen atoms in total. The molecule has 0 saturated heterocycles. The highest BCUT2D eigenvalue weighted by molar-refractivity contribution is 5.28. The average Bonchev–Trinajstić information content (AvgIpc) is 2.31. The molecule has 0 aliphatic heterocycles. The minimum Gasteiger partial charge on any atom is -0.491 e. The fourth-order valence-electron chi connectivity index (χ4n) is 1.18. The third-order valence-corrected chi connectivity index (χ3v) is 1.94. The first-order valence-corrected chi connectivity index (χ1v) is 5.14. The summed E-state index contributed by atoms with van der Waals surface area (Å²) in [7, 11) is 0. The van der Waals surface area contributed by atoms with Gasteiger partial charge in [-0.05, 0) is 17.7 Å². The summed E-state index contributed by atoms with van der Waals surface area (Å²) in [5.41, 5.74) is 0.978. The Morgan fingerprint density at radius 1 is 1.12 bits per heavy atom. The third-order valence-electron chi connectivity index (χ3n) is 1.94. The maximum Gasteiger partial charge on any atom is 0.119 e. The van der Waals surface area contributed by atoms with E-state index in [1.54, 1.807) is 0 Å². The van der Waals surface area contributed by atoms with E-state index >= 15 is 0 Å². The van der Waals surface area contributed by atoms with Gasteiger partial charge in [0.2, 0.25) is 0 Å². The maximum absolute atomic E-state index is 8.49. The molecule has 0 fully saturated rings. The molecule has 0 aliphatic rings. The predicted octanol–water partition coefficient (Wildman–Crippen LogP) is 1.14. The smallest absolute Gasteiger partial charge is 0.119 e. The van der Waals surface area contributed by atoms with Gasteiger partial charge in [0.25, 0.3) is 0 Å². The van der Waals surface area contributed by atoms with Gasteiger partial charge in [-0.3, -0.25) is 0 Å². The fraction of sp³-hybridized carbons (Fsp3) is 0.417. The number of hydrogen-bond donors (Lipinski definition) is 1. The normalized spacial score (nSPS) is 9.75. The highest BCUT2D eigenvalue weighted by Crippen LogP contribution is 2.12. The Bertz CT molecular complexity index is 329. The molecule has 0 unspecified atom stereocenters. The molecule has 1 rings (SSSR count). The van der Waals surface area contributed by atoms with Crippen LogP contribution < -0.4 is 4.74 Å². The van der Waals surface area contributed by atoms with E-state index < -0.39 is 0 Å². The molecular weight excluding hydrogens is 206 g/mol. The summed E-state index contributed by atoms with van der Waals surface area (Å²) < 4.78 is 10.4. The van der Waals surface area contributed by atoms with Crippen molar-refractivity contribution in [3.63, 3.8) is 0 Å². The number of nitrogens with zero attached hydrogens (tertiary/aromatic N) is 1. The second kappa shape index (κ2) is 7.69. The van der Waals surface area contributed by atoms with Gasteiger partial charge in [0.1, 0.15) is 12.4 Å². The summed E-state index contributed by atoms with van der Waals surface area (Å²) in [4.78, 5) is 0. The molecule has 0 amide bonds. The van der Waals surface area contributed by atoms with Crippen LogP contribution in [0, 0.1) is 11.3 Å². The molecule has 0 radical (unpaired) electrons. The number of nitriles is 1. The molecule has 4 heteroatoms. The van der Waals surface area contributed by atoms with Crippen molar-refractivity contribution in [1.82, 2.24) is 0 Å². The van der Waals surface area contributed by atoms with Crippen LogP contribution in [-0.4, -0.2) is 31.5 Å². The number of benzene rings is 1. The van der Waals surface area contributed by atoms with Gasteiger partial charge in [0, 0.05) is 0 Å². The lowest BCUT2D eigenvalue weighted by Gasteiger charge is -2.06. The van der Waals surface area contributed by atoms with Gasteiger partial charge in [-0.1, -0.05) is 12.1 Å². The Morgan fingerprint density at radius 2 is 1.88 bits per heavy atom. The Balaban J connectivity index is 2.24. The highest BCUT2D eigenvalue weighted by Gasteiger charge is 1.95. The van der Waals surface area contributed by atoms with Crippen LogP contribution >= 0.6 is 0 Å². The van der Waals surface area contributed by atoms with Crippen molar-refractivity contribution in [3.8, 4) is 11.8 Å². The molecule has 0 heterocycles. The van der Waals surface area contributed by atoms with E-state index in [0.29, 0.717) is 26.2 Å². The second-order valence-corrected chi connectivity index (χ2v) is 3.16. The first kappa shape index (κ1) is 12.5. The lowest BCUT2D eigenvalue weighted by atomic mass is 10.2. The first-order valence-electron chi connectivity index (χ1n) is 5.14. The van der Waals surface area contributed by atoms with Crippen LogP contribution in [0.1, 0.15) is 5.56 Å². The summed E-state index contributed by atoms with van der Waals surface area (Å²) >= 11 is 0. The molecule has 0 spiro atoms. The van der Waals surface area contributed by atoms with Gasteiger partial charge in [0.15, 0.2) is 0 Å². The molecule has 0 aliphatic carbocycles. The molecule has 1 aromatic rings. The van der Waals surface area contributed by atoms with Crippen LogP contribution in [-0.2, 0) is 11.2 Å². The molecular formula is C12H15NO3. The van der Waals surface area contributed by atoms with Crippen molar-refractivity contribution in [2.45, 2.75) is 6.42 Å². The summed E-state index contributed by atoms with van der Waals surface area (Å²) in [5, 5.41) is 17.0. The minimum absolute atomic E-state index is 0.0306. The zero-order valence-electron chi connectivity index (χ0n) is 9.06. The van der Waals surface area contributed by atoms with Crippen LogP contribution in [0.3, 0.4) is 0 Å². The number of aliphatic hydroxyl groups is 1. The van der Waals surface area contributed by atoms with Crippen LogP contribution in [0.2, 0.25) is 0 Å². The Hall–Kier alpha value is -1.57. The van der Waals surface area contributed by atoms with E-state index in [-0.39, 0.29) is 6.61 Å². The highest BCUT2D eigenvalue weighted by atomic mass is 16.5. The van der Waals surface area contributed by atoms with Crippen molar-refractivity contribution in [3.05, 3.63) is 29.8 Å². The predicted molar refractivity (Wildman–Crippen MR) is 59.2 cm³/mol. The van der Waals surface area contributed by atoms with Crippen molar-refractivity contribution in [2.75, 3.05) is 26.4 Å². The number of rotatable bonds is 7. The van der Waals surface area contributed by atoms with Gasteiger partial charge in [0.05, 0.1) is 32.3 Å². The molecule has 0 atom stereocenters. The molecule has 1 N–H and O–H groups in total. The monoisotopic (exact) mass is 221 g/mol. The lowest BCUT2D eigenvalue weighted by molar-refractivity contribution is 0.0705. The van der Waals surface area contributed by atoms with E-state index in [4.69, 9.17) is 19.8 Å². The molecule has 1 aromatic carbocycles. The summed E-state index contributed by atoms with van der Waals surface area (Å²) in [6, 6.07) is 9.49. The van der Waals surface area contributed by atoms with E-state index in [9.17, 15) is 0 Å². The second-order valence-electron chi connectivity index (χ2n) is 3.16. The maximum atomic E-state index is 8.49. The van der Waals surface area contributed by atoms with Crippen LogP contribution in [0.4, 0.5) is 0 Å². The Labute approximate surface area is 95.0 Å². The quantitative estimate of drug-likeness (QED) is 0.701. The third kappa shape index (κ3) is 4.78. The largest absolute Gasteiger partial charge is 0.491 e. The molecule has 0 bridgehead atoms. The number of hydrogen-bond acceptors (Lipinski definition) is 4. The van der Waals surface area contributed by atoms with E-state index in [1.165, 1.54) is 0 Å². The first-order chi connectivity index (χ1) is 7.86. The van der Waals surface area contributed by atoms with Crippen LogP contribution in [0.25, 0.3) is 0 Å². The van der Waals surface area contributed by atoms with Gasteiger partial charge < -0.3 is 14.6 Å². The van der Waals surface area contributed by atoms with Gasteiger partial charge in [-0.25, -0.2) is 0 Å². The van der Waals surface area contributed by atoms with Gasteiger partial charge in [-0.2, -0.15) is 5.26 Å². The SMILES string of the molecule is N#CCc1ccc(OCCOCCO)cc1. The topological polar surface area (TPSA) is 62.5 Å². The summed E-state index contributed by atoms with van der Waals surface area (Å²) in [6.45, 7) is 1.28. The Kier molecular flexibility index (Phi) is 6.00. The molecule has 86 valence electrons. The van der Waals surface area contributed by atoms with Crippen molar-refractivity contribution >= 4 is 0 Å². The van der Waals surface area contributed by atoms with Crippen LogP contribution in [0.5, 0.6) is 5.75 Å². The average molecular weight is 221 g/mol. The Morgan fingerprint density at radius 3 is 2.50 bits per heavy atom. The van der Waals surface area contributed by atoms with Gasteiger partial charge in [-0.15, -0.1) is 0 Å². The van der Waals surface area contributed by atoms with Crippen LogP contribution in [0.15, 0.2) is 24.3 Å². The zero-order valence-corrected chi connectivity index (χ0v) is 9.06. The molecule has 16 heavy (non-hydrogen) atoms. The van der Waals surface area contributed by atoms with E-state index in [1.807, 2.05) is 24.3 Å². The standard InChI is InChI=1S/C12H15NO3/c13-6-5-11-1-3-12(4-2-11)16-10-9-15-8-7-14/h1-4,14H,5,7-10H2. The van der Waals surface area contributed by atoms with Crippen molar-refractivity contribution in [1.29, 1.82) is 5.26 Å². The van der Waals surface area contributed by atoms with Gasteiger partial charge >= 0.3 is 0 Å². The zero-order chi connectivity index (χ0) is 11.6. The number of ether oxygens (including phenoxy) is 2. The molecule has 0 saturated carbocycles. The van der Waals surface area contributed by atoms with E-state index in [2.05, 4.69) is 6.07 Å². The number of aliphatic hydroxyl groups excluding tert-OH is 1. The summed E-state index contributed by atoms with van der Waals surface area (Å²) in [5.74, 6) is 0.759. The van der Waals surface area contributed by atoms with Crippen molar-refractivity contribution in [2.24, 2.45) is 0 Å². The minimum atomic E-state index is 0.0306. The molecule has 0 aromatic heterocycles.